The zero-order valence-electron chi connectivity index (χ0n) is 14.9. The number of nitrogens with one attached hydrogen (secondary N) is 3. The van der Waals surface area contributed by atoms with E-state index in [2.05, 4.69) is 16.0 Å². The summed E-state index contributed by atoms with van der Waals surface area (Å²) in [6, 6.07) is 7.08. The predicted octanol–water partition coefficient (Wildman–Crippen LogP) is 2.70. The van der Waals surface area contributed by atoms with E-state index in [1.807, 2.05) is 32.0 Å². The van der Waals surface area contributed by atoms with Gasteiger partial charge in [-0.1, -0.05) is 18.2 Å². The van der Waals surface area contributed by atoms with Crippen LogP contribution in [0.3, 0.4) is 0 Å². The Kier molecular flexibility index (Phi) is 6.85. The van der Waals surface area contributed by atoms with Crippen LogP contribution in [-0.4, -0.2) is 30.4 Å². The van der Waals surface area contributed by atoms with Gasteiger partial charge in [-0.15, -0.1) is 12.4 Å². The van der Waals surface area contributed by atoms with Crippen molar-refractivity contribution in [1.29, 1.82) is 0 Å². The fraction of sp³-hybridized carbons (Fsp3) is 0.579. The highest BCUT2D eigenvalue weighted by Crippen LogP contribution is 2.32. The summed E-state index contributed by atoms with van der Waals surface area (Å²) in [5, 5.41) is 9.25. The summed E-state index contributed by atoms with van der Waals surface area (Å²) in [5.41, 5.74) is 2.89. The van der Waals surface area contributed by atoms with E-state index in [0.717, 1.165) is 29.7 Å². The molecule has 2 heterocycles. The van der Waals surface area contributed by atoms with Gasteiger partial charge in [0.25, 0.3) is 0 Å². The first kappa shape index (κ1) is 19.7. The molecule has 3 rings (SSSR count). The fourth-order valence-corrected chi connectivity index (χ4v) is 4.05. The van der Waals surface area contributed by atoms with E-state index in [-0.39, 0.29) is 30.8 Å². The summed E-state index contributed by atoms with van der Waals surface area (Å²) in [5.74, 6) is 0.259. The van der Waals surface area contributed by atoms with Crippen molar-refractivity contribution in [2.75, 3.05) is 11.9 Å². The molecule has 2 aliphatic heterocycles. The number of benzene rings is 1. The average Bonchev–Trinajstić information content (AvgIpc) is 2.88. The van der Waals surface area contributed by atoms with Gasteiger partial charge in [0.1, 0.15) is 0 Å². The Bertz CT molecular complexity index is 603. The fourth-order valence-electron chi connectivity index (χ4n) is 4.05. The number of fused-ring (bicyclic) bond motifs is 2. The Hall–Kier alpha value is -1.59. The first-order valence-corrected chi connectivity index (χ1v) is 8.90. The first-order chi connectivity index (χ1) is 11.5. The number of hydrogen-bond acceptors (Lipinski definition) is 3. The molecule has 0 radical (unpaired) electrons. The van der Waals surface area contributed by atoms with E-state index in [0.29, 0.717) is 24.4 Å². The number of amides is 2. The Morgan fingerprint density at radius 1 is 1.08 bits per heavy atom. The monoisotopic (exact) mass is 365 g/mol. The van der Waals surface area contributed by atoms with Gasteiger partial charge in [-0.2, -0.15) is 0 Å². The molecular weight excluding hydrogens is 338 g/mol. The molecule has 2 amide bonds. The second kappa shape index (κ2) is 8.68. The molecule has 0 aromatic heterocycles. The number of piperidine rings is 1. The minimum absolute atomic E-state index is 0. The molecule has 2 saturated heterocycles. The van der Waals surface area contributed by atoms with Crippen molar-refractivity contribution in [2.24, 2.45) is 5.92 Å². The third-order valence-electron chi connectivity index (χ3n) is 5.24. The van der Waals surface area contributed by atoms with Crippen LogP contribution >= 0.6 is 12.4 Å². The molecule has 1 aromatic rings. The molecule has 0 saturated carbocycles. The molecule has 2 bridgehead atoms. The van der Waals surface area contributed by atoms with Crippen LogP contribution in [0.1, 0.15) is 43.2 Å². The lowest BCUT2D eigenvalue weighted by atomic mass is 9.89. The molecule has 2 aliphatic rings. The van der Waals surface area contributed by atoms with Gasteiger partial charge in [-0.25, -0.2) is 0 Å². The highest BCUT2D eigenvalue weighted by Gasteiger charge is 2.34. The summed E-state index contributed by atoms with van der Waals surface area (Å²) >= 11 is 0. The van der Waals surface area contributed by atoms with Crippen molar-refractivity contribution >= 4 is 29.9 Å². The largest absolute Gasteiger partial charge is 0.347 e. The lowest BCUT2D eigenvalue weighted by Gasteiger charge is -2.28. The summed E-state index contributed by atoms with van der Waals surface area (Å²) in [6.45, 7) is 3.96. The maximum atomic E-state index is 12.1. The molecule has 2 atom stereocenters. The van der Waals surface area contributed by atoms with Crippen LogP contribution in [0.4, 0.5) is 5.69 Å². The number of para-hydroxylation sites is 1. The van der Waals surface area contributed by atoms with Crippen LogP contribution in [0.5, 0.6) is 0 Å². The van der Waals surface area contributed by atoms with Gasteiger partial charge in [-0.3, -0.25) is 9.59 Å². The molecule has 6 heteroatoms. The third-order valence-corrected chi connectivity index (χ3v) is 5.24. The van der Waals surface area contributed by atoms with Crippen molar-refractivity contribution in [1.82, 2.24) is 10.6 Å². The smallest absolute Gasteiger partial charge is 0.243 e. The van der Waals surface area contributed by atoms with Crippen LogP contribution in [-0.2, 0) is 9.59 Å². The summed E-state index contributed by atoms with van der Waals surface area (Å²) in [6.07, 6.45) is 5.17. The van der Waals surface area contributed by atoms with E-state index in [9.17, 15) is 9.59 Å². The van der Waals surface area contributed by atoms with Crippen molar-refractivity contribution in [3.8, 4) is 0 Å². The first-order valence-electron chi connectivity index (χ1n) is 8.90. The lowest BCUT2D eigenvalue weighted by Crippen LogP contribution is -2.40. The van der Waals surface area contributed by atoms with E-state index in [1.54, 1.807) is 0 Å². The highest BCUT2D eigenvalue weighted by atomic mass is 35.5. The Labute approximate surface area is 155 Å². The lowest BCUT2D eigenvalue weighted by molar-refractivity contribution is -0.125. The van der Waals surface area contributed by atoms with E-state index in [1.165, 1.54) is 12.8 Å². The van der Waals surface area contributed by atoms with Crippen LogP contribution in [0, 0.1) is 19.8 Å². The van der Waals surface area contributed by atoms with Gasteiger partial charge in [0, 0.05) is 24.2 Å². The highest BCUT2D eigenvalue weighted by molar-refractivity contribution is 5.95. The predicted molar refractivity (Wildman–Crippen MR) is 102 cm³/mol. The van der Waals surface area contributed by atoms with Crippen LogP contribution in [0.15, 0.2) is 18.2 Å². The van der Waals surface area contributed by atoms with Crippen LogP contribution < -0.4 is 16.0 Å². The molecule has 138 valence electrons. The van der Waals surface area contributed by atoms with Gasteiger partial charge in [0.2, 0.25) is 11.8 Å². The summed E-state index contributed by atoms with van der Waals surface area (Å²) in [4.78, 5) is 24.2. The second-order valence-electron chi connectivity index (χ2n) is 7.27. The van der Waals surface area contributed by atoms with E-state index >= 15 is 0 Å². The number of hydrogen-bond donors (Lipinski definition) is 3. The molecule has 1 aromatic carbocycles. The number of rotatable bonds is 5. The standard InChI is InChI=1S/C19H27N3O2.ClH/c1-12-4-3-5-13(2)19(12)22-18(24)11-20-17(23)10-14-8-15-6-7-16(9-14)21-15;/h3-5,14-16,21H,6-11H2,1-2H3,(H,20,23)(H,22,24);1H. The molecule has 5 nitrogen and oxygen atoms in total. The van der Waals surface area contributed by atoms with Crippen molar-refractivity contribution in [3.05, 3.63) is 29.3 Å². The molecule has 0 spiro atoms. The maximum absolute atomic E-state index is 12.1. The quantitative estimate of drug-likeness (QED) is 0.751. The van der Waals surface area contributed by atoms with Crippen molar-refractivity contribution in [3.63, 3.8) is 0 Å². The summed E-state index contributed by atoms with van der Waals surface area (Å²) < 4.78 is 0. The summed E-state index contributed by atoms with van der Waals surface area (Å²) in [7, 11) is 0. The topological polar surface area (TPSA) is 70.2 Å². The van der Waals surface area contributed by atoms with Gasteiger partial charge in [0.15, 0.2) is 0 Å². The minimum Gasteiger partial charge on any atom is -0.347 e. The third kappa shape index (κ3) is 5.19. The molecule has 3 N–H and O–H groups in total. The second-order valence-corrected chi connectivity index (χ2v) is 7.27. The number of carbonyl (C=O) groups excluding carboxylic acids is 2. The SMILES string of the molecule is Cc1cccc(C)c1NC(=O)CNC(=O)CC1CC2CCC(C1)N2.Cl. The Balaban J connectivity index is 0.00000225. The zero-order chi connectivity index (χ0) is 17.1. The van der Waals surface area contributed by atoms with Crippen LogP contribution in [0.25, 0.3) is 0 Å². The normalized spacial score (nSPS) is 24.3. The van der Waals surface area contributed by atoms with Crippen molar-refractivity contribution < 1.29 is 9.59 Å². The molecule has 0 aliphatic carbocycles. The molecule has 2 unspecified atom stereocenters. The Morgan fingerprint density at radius 2 is 1.68 bits per heavy atom. The zero-order valence-corrected chi connectivity index (χ0v) is 15.7. The molecule has 25 heavy (non-hydrogen) atoms. The van der Waals surface area contributed by atoms with Gasteiger partial charge < -0.3 is 16.0 Å². The van der Waals surface area contributed by atoms with Crippen molar-refractivity contribution in [2.45, 2.75) is 58.0 Å². The van der Waals surface area contributed by atoms with Crippen LogP contribution in [0.2, 0.25) is 0 Å². The average molecular weight is 366 g/mol. The van der Waals surface area contributed by atoms with Gasteiger partial charge in [-0.05, 0) is 56.6 Å². The molecular formula is C19H28ClN3O2. The number of anilines is 1. The van der Waals surface area contributed by atoms with E-state index < -0.39 is 0 Å². The van der Waals surface area contributed by atoms with Gasteiger partial charge in [0.05, 0.1) is 6.54 Å². The minimum atomic E-state index is -0.175. The number of halogens is 1. The molecule has 2 fully saturated rings. The maximum Gasteiger partial charge on any atom is 0.243 e. The Morgan fingerprint density at radius 3 is 2.28 bits per heavy atom. The number of aryl methyl sites for hydroxylation is 2. The van der Waals surface area contributed by atoms with Gasteiger partial charge >= 0.3 is 0 Å². The van der Waals surface area contributed by atoms with E-state index in [4.69, 9.17) is 0 Å². The number of carbonyl (C=O) groups is 2.